The first-order valence-electron chi connectivity index (χ1n) is 3.45. The van der Waals surface area contributed by atoms with Gasteiger partial charge in [0.2, 0.25) is 0 Å². The highest BCUT2D eigenvalue weighted by molar-refractivity contribution is 5.83. The Labute approximate surface area is 70.0 Å². The van der Waals surface area contributed by atoms with Crippen molar-refractivity contribution in [3.63, 3.8) is 0 Å². The summed E-state index contributed by atoms with van der Waals surface area (Å²) in [5.41, 5.74) is 7.49. The van der Waals surface area contributed by atoms with Gasteiger partial charge in [-0.05, 0) is 30.7 Å². The predicted octanol–water partition coefficient (Wildman–Crippen LogP) is 1.67. The molecule has 4 nitrogen and oxygen atoms in total. The zero-order chi connectivity index (χ0) is 9.14. The molecule has 0 saturated carbocycles. The van der Waals surface area contributed by atoms with Crippen LogP contribution in [0.1, 0.15) is 5.56 Å². The van der Waals surface area contributed by atoms with Crippen LogP contribution in [-0.4, -0.2) is 11.2 Å². The molecule has 0 fully saturated rings. The fourth-order valence-corrected chi connectivity index (χ4v) is 1.01. The quantitative estimate of drug-likeness (QED) is 0.555. The number of amides is 1. The molecule has 1 amide bonds. The lowest BCUT2D eigenvalue weighted by Gasteiger charge is -2.03. The SMILES string of the molecule is Cc1cc(N)cc(NC(=O)O)c1. The first-order chi connectivity index (χ1) is 5.58. The Morgan fingerprint density at radius 1 is 1.50 bits per heavy atom. The fraction of sp³-hybridized carbons (Fsp3) is 0.125. The van der Waals surface area contributed by atoms with Crippen molar-refractivity contribution >= 4 is 17.5 Å². The minimum absolute atomic E-state index is 0.500. The van der Waals surface area contributed by atoms with Crippen LogP contribution in [0.3, 0.4) is 0 Å². The molecule has 0 spiro atoms. The lowest BCUT2D eigenvalue weighted by atomic mass is 10.2. The topological polar surface area (TPSA) is 75.3 Å². The summed E-state index contributed by atoms with van der Waals surface area (Å²) < 4.78 is 0. The van der Waals surface area contributed by atoms with Gasteiger partial charge in [-0.2, -0.15) is 0 Å². The highest BCUT2D eigenvalue weighted by Crippen LogP contribution is 2.15. The van der Waals surface area contributed by atoms with Gasteiger partial charge in [0.15, 0.2) is 0 Å². The van der Waals surface area contributed by atoms with Crippen molar-refractivity contribution in [3.8, 4) is 0 Å². The van der Waals surface area contributed by atoms with E-state index in [0.29, 0.717) is 11.4 Å². The number of benzene rings is 1. The van der Waals surface area contributed by atoms with Gasteiger partial charge in [0.05, 0.1) is 0 Å². The van der Waals surface area contributed by atoms with Crippen molar-refractivity contribution in [2.45, 2.75) is 6.92 Å². The monoisotopic (exact) mass is 166 g/mol. The van der Waals surface area contributed by atoms with E-state index >= 15 is 0 Å². The van der Waals surface area contributed by atoms with Crippen LogP contribution in [0.4, 0.5) is 16.2 Å². The first kappa shape index (κ1) is 8.39. The molecule has 0 aliphatic carbocycles. The van der Waals surface area contributed by atoms with E-state index in [1.54, 1.807) is 18.2 Å². The average molecular weight is 166 g/mol. The van der Waals surface area contributed by atoms with Crippen LogP contribution in [0.5, 0.6) is 0 Å². The summed E-state index contributed by atoms with van der Waals surface area (Å²) >= 11 is 0. The van der Waals surface area contributed by atoms with E-state index in [4.69, 9.17) is 10.8 Å². The third-order valence-electron chi connectivity index (χ3n) is 1.35. The van der Waals surface area contributed by atoms with Gasteiger partial charge in [0.1, 0.15) is 0 Å². The van der Waals surface area contributed by atoms with E-state index in [-0.39, 0.29) is 0 Å². The van der Waals surface area contributed by atoms with Gasteiger partial charge in [-0.3, -0.25) is 5.32 Å². The summed E-state index contributed by atoms with van der Waals surface area (Å²) in [5, 5.41) is 10.6. The van der Waals surface area contributed by atoms with Crippen molar-refractivity contribution in [1.29, 1.82) is 0 Å². The van der Waals surface area contributed by atoms with Gasteiger partial charge in [-0.25, -0.2) is 4.79 Å². The molecule has 1 aromatic carbocycles. The van der Waals surface area contributed by atoms with Crippen LogP contribution < -0.4 is 11.1 Å². The van der Waals surface area contributed by atoms with E-state index in [2.05, 4.69) is 5.32 Å². The number of carbonyl (C=O) groups is 1. The summed E-state index contributed by atoms with van der Waals surface area (Å²) in [6.45, 7) is 1.85. The molecule has 4 heteroatoms. The summed E-state index contributed by atoms with van der Waals surface area (Å²) in [6, 6.07) is 5.05. The molecular formula is C8H10N2O2. The van der Waals surface area contributed by atoms with Crippen molar-refractivity contribution in [1.82, 2.24) is 0 Å². The Morgan fingerprint density at radius 2 is 2.17 bits per heavy atom. The number of aryl methyl sites for hydroxylation is 1. The number of rotatable bonds is 1. The third-order valence-corrected chi connectivity index (χ3v) is 1.35. The lowest BCUT2D eigenvalue weighted by molar-refractivity contribution is 0.210. The number of hydrogen-bond acceptors (Lipinski definition) is 2. The van der Waals surface area contributed by atoms with Crippen molar-refractivity contribution in [3.05, 3.63) is 23.8 Å². The molecule has 1 aromatic rings. The van der Waals surface area contributed by atoms with Crippen molar-refractivity contribution in [2.75, 3.05) is 11.1 Å². The number of carboxylic acid groups (broad SMARTS) is 1. The van der Waals surface area contributed by atoms with E-state index in [0.717, 1.165) is 5.56 Å². The first-order valence-corrected chi connectivity index (χ1v) is 3.45. The van der Waals surface area contributed by atoms with E-state index < -0.39 is 6.09 Å². The molecule has 0 bridgehead atoms. The van der Waals surface area contributed by atoms with Crippen LogP contribution in [0.2, 0.25) is 0 Å². The zero-order valence-corrected chi connectivity index (χ0v) is 6.66. The number of anilines is 2. The maximum atomic E-state index is 10.2. The Bertz CT molecular complexity index is 290. The molecule has 0 heterocycles. The molecule has 1 rings (SSSR count). The molecule has 0 radical (unpaired) electrons. The summed E-state index contributed by atoms with van der Waals surface area (Å²) in [7, 11) is 0. The second-order valence-electron chi connectivity index (χ2n) is 2.56. The number of nitrogen functional groups attached to an aromatic ring is 1. The van der Waals surface area contributed by atoms with Crippen molar-refractivity contribution in [2.24, 2.45) is 0 Å². The van der Waals surface area contributed by atoms with Crippen LogP contribution in [0.15, 0.2) is 18.2 Å². The molecule has 0 atom stereocenters. The van der Waals surface area contributed by atoms with Gasteiger partial charge in [-0.1, -0.05) is 0 Å². The minimum atomic E-state index is -1.08. The second-order valence-corrected chi connectivity index (χ2v) is 2.56. The molecule has 12 heavy (non-hydrogen) atoms. The van der Waals surface area contributed by atoms with E-state index in [1.165, 1.54) is 0 Å². The van der Waals surface area contributed by atoms with Gasteiger partial charge in [0.25, 0.3) is 0 Å². The number of nitrogens with two attached hydrogens (primary N) is 1. The molecule has 0 aliphatic rings. The predicted molar refractivity (Wildman–Crippen MR) is 47.2 cm³/mol. The van der Waals surface area contributed by atoms with Gasteiger partial charge < -0.3 is 10.8 Å². The smallest absolute Gasteiger partial charge is 0.409 e. The van der Waals surface area contributed by atoms with Crippen LogP contribution in [0, 0.1) is 6.92 Å². The third kappa shape index (κ3) is 2.16. The standard InChI is InChI=1S/C8H10N2O2/c1-5-2-6(9)4-7(3-5)10-8(11)12/h2-4,10H,9H2,1H3,(H,11,12). The molecule has 0 unspecified atom stereocenters. The summed E-state index contributed by atoms with van der Waals surface area (Å²) in [6.07, 6.45) is -1.08. The van der Waals surface area contributed by atoms with Crippen molar-refractivity contribution < 1.29 is 9.90 Å². The molecule has 0 aromatic heterocycles. The van der Waals surface area contributed by atoms with Crippen LogP contribution >= 0.6 is 0 Å². The molecular weight excluding hydrogens is 156 g/mol. The maximum absolute atomic E-state index is 10.2. The van der Waals surface area contributed by atoms with Crippen LogP contribution in [-0.2, 0) is 0 Å². The van der Waals surface area contributed by atoms with E-state index in [9.17, 15) is 4.79 Å². The Morgan fingerprint density at radius 3 is 2.67 bits per heavy atom. The highest BCUT2D eigenvalue weighted by Gasteiger charge is 1.98. The highest BCUT2D eigenvalue weighted by atomic mass is 16.4. The van der Waals surface area contributed by atoms with Gasteiger partial charge in [-0.15, -0.1) is 0 Å². The Hall–Kier alpha value is -1.71. The average Bonchev–Trinajstić information content (AvgIpc) is 1.81. The second kappa shape index (κ2) is 3.13. The minimum Gasteiger partial charge on any atom is -0.465 e. The van der Waals surface area contributed by atoms with Crippen LogP contribution in [0.25, 0.3) is 0 Å². The molecule has 4 N–H and O–H groups in total. The molecule has 0 saturated heterocycles. The largest absolute Gasteiger partial charge is 0.465 e. The number of nitrogens with one attached hydrogen (secondary N) is 1. The Kier molecular flexibility index (Phi) is 2.19. The maximum Gasteiger partial charge on any atom is 0.409 e. The summed E-state index contributed by atoms with van der Waals surface area (Å²) in [4.78, 5) is 10.2. The van der Waals surface area contributed by atoms with Gasteiger partial charge in [0, 0.05) is 11.4 Å². The number of hydrogen-bond donors (Lipinski definition) is 3. The molecule has 64 valence electrons. The molecule has 0 aliphatic heterocycles. The van der Waals surface area contributed by atoms with Gasteiger partial charge >= 0.3 is 6.09 Å². The fourth-order valence-electron chi connectivity index (χ4n) is 1.01. The zero-order valence-electron chi connectivity index (χ0n) is 6.66. The lowest BCUT2D eigenvalue weighted by Crippen LogP contribution is -2.07. The normalized spacial score (nSPS) is 9.42. The Balaban J connectivity index is 2.93. The van der Waals surface area contributed by atoms with E-state index in [1.807, 2.05) is 6.92 Å². The summed E-state index contributed by atoms with van der Waals surface area (Å²) in [5.74, 6) is 0.